The molecule has 6 heteroatoms. The molecule has 2 aliphatic heterocycles. The van der Waals surface area contributed by atoms with Crippen LogP contribution in [-0.4, -0.2) is 36.3 Å². The van der Waals surface area contributed by atoms with E-state index in [4.69, 9.17) is 4.53 Å². The highest BCUT2D eigenvalue weighted by Crippen LogP contribution is 2.38. The Morgan fingerprint density at radius 3 is 2.14 bits per heavy atom. The number of amides is 1. The Hall–Kier alpha value is -1.86. The van der Waals surface area contributed by atoms with Crippen molar-refractivity contribution < 1.29 is 9.32 Å². The maximum absolute atomic E-state index is 12.6. The maximum Gasteiger partial charge on any atom is 0.287 e. The predicted octanol–water partition coefficient (Wildman–Crippen LogP) is 2.87. The van der Waals surface area contributed by atoms with E-state index in [1.807, 2.05) is 24.4 Å². The van der Waals surface area contributed by atoms with Crippen LogP contribution in [0.2, 0.25) is 5.04 Å². The summed E-state index contributed by atoms with van der Waals surface area (Å²) in [6.07, 6.45) is 3.92. The summed E-state index contributed by atoms with van der Waals surface area (Å²) in [5, 5.41) is 2.37. The highest BCUT2D eigenvalue weighted by molar-refractivity contribution is 8.00. The number of hydrogen-bond acceptors (Lipinski definition) is 4. The molecule has 1 saturated heterocycles. The van der Waals surface area contributed by atoms with E-state index in [1.165, 1.54) is 10.4 Å². The van der Waals surface area contributed by atoms with Crippen molar-refractivity contribution in [1.82, 2.24) is 10.4 Å². The average Bonchev–Trinajstić information content (AvgIpc) is 2.71. The fourth-order valence-corrected chi connectivity index (χ4v) is 9.37. The normalized spacial score (nSPS) is 22.0. The van der Waals surface area contributed by atoms with Gasteiger partial charge in [0.25, 0.3) is 8.32 Å². The van der Waals surface area contributed by atoms with Crippen LogP contribution in [0.3, 0.4) is 0 Å². The number of nitrogens with one attached hydrogen (secondary N) is 1. The smallest absolute Gasteiger partial charge is 0.287 e. The molecule has 2 aromatic carbocycles. The second kappa shape index (κ2) is 7.52. The van der Waals surface area contributed by atoms with Crippen molar-refractivity contribution in [3.63, 3.8) is 0 Å². The molecule has 2 aliphatic rings. The first-order valence-electron chi connectivity index (χ1n) is 9.60. The van der Waals surface area contributed by atoms with Gasteiger partial charge in [0.2, 0.25) is 5.91 Å². The second-order valence-electron chi connectivity index (χ2n) is 8.21. The van der Waals surface area contributed by atoms with Gasteiger partial charge in [-0.3, -0.25) is 4.79 Å². The van der Waals surface area contributed by atoms with E-state index >= 15 is 0 Å². The lowest BCUT2D eigenvalue weighted by Gasteiger charge is -2.49. The molecule has 0 aliphatic carbocycles. The van der Waals surface area contributed by atoms with Crippen LogP contribution >= 0.6 is 11.8 Å². The van der Waals surface area contributed by atoms with Crippen molar-refractivity contribution in [3.05, 3.63) is 72.9 Å². The number of carbonyl (C=O) groups excluding carboxylic acids is 1. The first kappa shape index (κ1) is 19.5. The summed E-state index contributed by atoms with van der Waals surface area (Å²) < 4.78 is 6.69. The van der Waals surface area contributed by atoms with Crippen molar-refractivity contribution in [2.24, 2.45) is 0 Å². The van der Waals surface area contributed by atoms with Gasteiger partial charge in [0.15, 0.2) is 0 Å². The van der Waals surface area contributed by atoms with Gasteiger partial charge in [0.1, 0.15) is 11.4 Å². The summed E-state index contributed by atoms with van der Waals surface area (Å²) in [5.74, 6) is 0.998. The first-order valence-corrected chi connectivity index (χ1v) is 12.6. The largest absolute Gasteiger partial charge is 0.333 e. The number of thioether (sulfide) groups is 1. The van der Waals surface area contributed by atoms with Crippen molar-refractivity contribution in [2.45, 2.75) is 37.2 Å². The van der Waals surface area contributed by atoms with E-state index in [9.17, 15) is 4.79 Å². The van der Waals surface area contributed by atoms with Crippen molar-refractivity contribution in [1.29, 1.82) is 0 Å². The molecule has 1 amide bonds. The van der Waals surface area contributed by atoms with Gasteiger partial charge >= 0.3 is 0 Å². The number of hydroxylamine groups is 1. The van der Waals surface area contributed by atoms with E-state index < -0.39 is 8.32 Å². The zero-order chi connectivity index (χ0) is 19.8. The fourth-order valence-electron chi connectivity index (χ4n) is 4.04. The van der Waals surface area contributed by atoms with Gasteiger partial charge in [0, 0.05) is 12.0 Å². The summed E-state index contributed by atoms with van der Waals surface area (Å²) in [5.41, 5.74) is 3.23. The molecule has 146 valence electrons. The number of fused-ring (bicyclic) bond motifs is 1. The molecule has 2 atom stereocenters. The Labute approximate surface area is 172 Å². The van der Waals surface area contributed by atoms with Crippen LogP contribution in [0.15, 0.2) is 72.9 Å². The van der Waals surface area contributed by atoms with Crippen LogP contribution in [-0.2, 0) is 9.32 Å². The molecule has 2 heterocycles. The third kappa shape index (κ3) is 3.14. The van der Waals surface area contributed by atoms with Crippen LogP contribution in [0, 0.1) is 0 Å². The van der Waals surface area contributed by atoms with Crippen LogP contribution in [0.4, 0.5) is 0 Å². The number of benzene rings is 2. The molecule has 0 radical (unpaired) electrons. The maximum atomic E-state index is 12.6. The summed E-state index contributed by atoms with van der Waals surface area (Å²) in [4.78, 5) is 14.4. The first-order chi connectivity index (χ1) is 13.4. The fraction of sp³-hybridized carbons (Fsp3) is 0.318. The number of nitrogens with zero attached hydrogens (tertiary/aromatic N) is 1. The minimum atomic E-state index is -2.69. The van der Waals surface area contributed by atoms with Gasteiger partial charge in [-0.1, -0.05) is 87.5 Å². The lowest BCUT2D eigenvalue weighted by atomic mass is 10.1. The monoisotopic (exact) mass is 410 g/mol. The Balaban J connectivity index is 1.71. The van der Waals surface area contributed by atoms with Gasteiger partial charge in [-0.2, -0.15) is 5.48 Å². The molecule has 0 saturated carbocycles. The molecule has 28 heavy (non-hydrogen) atoms. The van der Waals surface area contributed by atoms with Gasteiger partial charge in [-0.15, -0.1) is 11.8 Å². The van der Waals surface area contributed by atoms with E-state index in [1.54, 1.807) is 16.7 Å². The summed E-state index contributed by atoms with van der Waals surface area (Å²) in [6.45, 7) is 6.69. The summed E-state index contributed by atoms with van der Waals surface area (Å²) in [6, 6.07) is 20.6. The van der Waals surface area contributed by atoms with Crippen molar-refractivity contribution >= 4 is 36.4 Å². The highest BCUT2D eigenvalue weighted by Gasteiger charge is 2.54. The van der Waals surface area contributed by atoms with Crippen LogP contribution in [0.1, 0.15) is 20.8 Å². The zero-order valence-electron chi connectivity index (χ0n) is 16.5. The number of carbonyl (C=O) groups is 1. The van der Waals surface area contributed by atoms with Gasteiger partial charge in [-0.05, 0) is 15.4 Å². The van der Waals surface area contributed by atoms with Gasteiger partial charge in [0.05, 0.1) is 0 Å². The van der Waals surface area contributed by atoms with Crippen LogP contribution in [0.25, 0.3) is 0 Å². The summed E-state index contributed by atoms with van der Waals surface area (Å²) in [7, 11) is -2.69. The zero-order valence-corrected chi connectivity index (χ0v) is 18.3. The number of β-lactam (4-membered cyclic amide) rings is 1. The third-order valence-electron chi connectivity index (χ3n) is 5.46. The lowest BCUT2D eigenvalue weighted by molar-refractivity contribution is -0.145. The standard InChI is InChI=1S/C22H26N2O2SSi/c1-22(2,3)28(17-11-6-4-7-12-17,18-13-8-5-9-14-18)26-23-19-20(25)24-15-10-16-27-21(19)24/h4-15,19,21,23H,16H2,1-3H3/t19?,21-/m0/s1. The Morgan fingerprint density at radius 1 is 1.04 bits per heavy atom. The molecule has 4 rings (SSSR count). The highest BCUT2D eigenvalue weighted by atomic mass is 32.2. The van der Waals surface area contributed by atoms with E-state index in [0.717, 1.165) is 5.75 Å². The minimum Gasteiger partial charge on any atom is -0.333 e. The third-order valence-corrected chi connectivity index (χ3v) is 11.5. The Kier molecular flexibility index (Phi) is 5.22. The van der Waals surface area contributed by atoms with Crippen LogP contribution < -0.4 is 15.9 Å². The second-order valence-corrected chi connectivity index (χ2v) is 13.6. The lowest BCUT2D eigenvalue weighted by Crippen LogP contribution is -2.73. The molecule has 0 bridgehead atoms. The van der Waals surface area contributed by atoms with E-state index in [2.05, 4.69) is 74.8 Å². The number of hydrogen-bond donors (Lipinski definition) is 1. The Bertz CT molecular complexity index is 828. The van der Waals surface area contributed by atoms with E-state index in [-0.39, 0.29) is 22.4 Å². The van der Waals surface area contributed by atoms with Gasteiger partial charge < -0.3 is 9.43 Å². The quantitative estimate of drug-likeness (QED) is 0.468. The van der Waals surface area contributed by atoms with Gasteiger partial charge in [-0.25, -0.2) is 0 Å². The summed E-state index contributed by atoms with van der Waals surface area (Å²) >= 11 is 1.77. The van der Waals surface area contributed by atoms with Crippen LogP contribution in [0.5, 0.6) is 0 Å². The Morgan fingerprint density at radius 2 is 1.61 bits per heavy atom. The molecular weight excluding hydrogens is 384 g/mol. The molecular formula is C22H26N2O2SSi. The molecule has 2 aromatic rings. The van der Waals surface area contributed by atoms with E-state index in [0.29, 0.717) is 0 Å². The topological polar surface area (TPSA) is 41.6 Å². The van der Waals surface area contributed by atoms with Crippen molar-refractivity contribution in [2.75, 3.05) is 5.75 Å². The van der Waals surface area contributed by atoms with Crippen molar-refractivity contribution in [3.8, 4) is 0 Å². The molecule has 1 N–H and O–H groups in total. The average molecular weight is 411 g/mol. The molecule has 1 fully saturated rings. The molecule has 0 aromatic heterocycles. The number of rotatable bonds is 5. The molecule has 0 spiro atoms. The minimum absolute atomic E-state index is 0.0754. The molecule has 4 nitrogen and oxygen atoms in total. The predicted molar refractivity (Wildman–Crippen MR) is 118 cm³/mol. The molecule has 1 unspecified atom stereocenters. The SMILES string of the molecule is CC(C)(C)[Si](ONC1C(=O)N2C=CCS[C@@H]12)(c1ccccc1)c1ccccc1.